The monoisotopic (exact) mass is 422 g/mol. The molecular weight excluding hydrogens is 391 g/mol. The number of hydrogen-bond acceptors (Lipinski definition) is 3. The highest BCUT2D eigenvalue weighted by Gasteiger charge is 2.26. The van der Waals surface area contributed by atoms with Crippen LogP contribution in [0.25, 0.3) is 22.3 Å². The topological polar surface area (TPSA) is 49.7 Å². The lowest BCUT2D eigenvalue weighted by molar-refractivity contribution is 0.375. The van der Waals surface area contributed by atoms with E-state index in [-0.39, 0.29) is 10.8 Å². The van der Waals surface area contributed by atoms with E-state index in [1.807, 2.05) is 24.3 Å². The van der Waals surface area contributed by atoms with Gasteiger partial charge in [-0.2, -0.15) is 0 Å². The molecule has 3 aromatic rings. The van der Waals surface area contributed by atoms with Crippen molar-refractivity contribution in [2.75, 3.05) is 0 Å². The minimum atomic E-state index is -2.53. The highest BCUT2D eigenvalue weighted by Crippen LogP contribution is 2.47. The van der Waals surface area contributed by atoms with Crippen molar-refractivity contribution < 1.29 is 14.3 Å². The average Bonchev–Trinajstić information content (AvgIpc) is 2.66. The Hall–Kier alpha value is -2.19. The van der Waals surface area contributed by atoms with Gasteiger partial charge in [0.15, 0.2) is 0 Å². The normalized spacial score (nSPS) is 12.3. The summed E-state index contributed by atoms with van der Waals surface area (Å²) in [6, 6.07) is 22.5. The Morgan fingerprint density at radius 1 is 0.600 bits per heavy atom. The Morgan fingerprint density at radius 2 is 1.07 bits per heavy atom. The van der Waals surface area contributed by atoms with Crippen molar-refractivity contribution in [1.29, 1.82) is 0 Å². The summed E-state index contributed by atoms with van der Waals surface area (Å²) in [4.78, 5) is 19.3. The zero-order chi connectivity index (χ0) is 22.1. The lowest BCUT2D eigenvalue weighted by Crippen LogP contribution is -2.14. The maximum atomic E-state index is 9.65. The van der Waals surface area contributed by atoms with Crippen molar-refractivity contribution in [3.63, 3.8) is 0 Å². The summed E-state index contributed by atoms with van der Waals surface area (Å²) < 4.78 is 5.53. The molecule has 30 heavy (non-hydrogen) atoms. The largest absolute Gasteiger partial charge is 0.426 e. The fraction of sp³-hybridized carbons (Fsp3) is 0.308. The van der Waals surface area contributed by atoms with Crippen molar-refractivity contribution in [2.45, 2.75) is 52.4 Å². The summed E-state index contributed by atoms with van der Waals surface area (Å²) in [7, 11) is -2.53. The van der Waals surface area contributed by atoms with Crippen molar-refractivity contribution in [2.24, 2.45) is 0 Å². The molecule has 0 heterocycles. The van der Waals surface area contributed by atoms with Gasteiger partial charge >= 0.3 is 8.60 Å². The molecule has 0 spiro atoms. The third-order valence-corrected chi connectivity index (χ3v) is 5.60. The van der Waals surface area contributed by atoms with Crippen LogP contribution in [0.3, 0.4) is 0 Å². The average molecular weight is 423 g/mol. The van der Waals surface area contributed by atoms with E-state index >= 15 is 0 Å². The molecule has 0 atom stereocenters. The van der Waals surface area contributed by atoms with Gasteiger partial charge in [0.1, 0.15) is 5.75 Å². The van der Waals surface area contributed by atoms with Crippen LogP contribution in [0.15, 0.2) is 66.7 Å². The summed E-state index contributed by atoms with van der Waals surface area (Å²) in [6.07, 6.45) is 0. The summed E-state index contributed by atoms with van der Waals surface area (Å²) in [5.74, 6) is 0.476. The molecule has 0 amide bonds. The first-order valence-electron chi connectivity index (χ1n) is 10.2. The first kappa shape index (κ1) is 22.5. The van der Waals surface area contributed by atoms with Crippen molar-refractivity contribution in [3.05, 3.63) is 77.9 Å². The van der Waals surface area contributed by atoms with Crippen LogP contribution in [-0.4, -0.2) is 9.79 Å². The molecule has 3 rings (SSSR count). The van der Waals surface area contributed by atoms with Crippen LogP contribution < -0.4 is 4.52 Å². The predicted molar refractivity (Wildman–Crippen MR) is 127 cm³/mol. The van der Waals surface area contributed by atoms with Gasteiger partial charge in [-0.05, 0) is 44.7 Å². The fourth-order valence-electron chi connectivity index (χ4n) is 3.92. The van der Waals surface area contributed by atoms with E-state index in [0.29, 0.717) is 5.75 Å². The maximum Gasteiger partial charge on any atom is 0.391 e. The molecule has 0 radical (unpaired) electrons. The molecule has 3 aromatic carbocycles. The van der Waals surface area contributed by atoms with Gasteiger partial charge in [0, 0.05) is 5.56 Å². The predicted octanol–water partition coefficient (Wildman–Crippen LogP) is 7.21. The Kier molecular flexibility index (Phi) is 6.38. The highest BCUT2D eigenvalue weighted by atomic mass is 31.2. The summed E-state index contributed by atoms with van der Waals surface area (Å²) in [6.45, 7) is 13.2. The summed E-state index contributed by atoms with van der Waals surface area (Å²) >= 11 is 0. The van der Waals surface area contributed by atoms with E-state index in [1.54, 1.807) is 6.07 Å². The van der Waals surface area contributed by atoms with E-state index in [9.17, 15) is 9.79 Å². The molecule has 2 N–H and O–H groups in total. The van der Waals surface area contributed by atoms with Crippen LogP contribution in [0.4, 0.5) is 0 Å². The SMILES string of the molecule is CC(C)(C)c1ccccc1-c1cccc(OP(O)O)c1-c1ccccc1C(C)(C)C. The van der Waals surface area contributed by atoms with Gasteiger partial charge in [-0.15, -0.1) is 0 Å². The number of rotatable bonds is 4. The van der Waals surface area contributed by atoms with Crippen LogP contribution in [0.2, 0.25) is 0 Å². The van der Waals surface area contributed by atoms with Crippen LogP contribution in [-0.2, 0) is 10.8 Å². The second-order valence-corrected chi connectivity index (χ2v) is 10.3. The summed E-state index contributed by atoms with van der Waals surface area (Å²) in [5, 5.41) is 0. The Morgan fingerprint density at radius 3 is 1.60 bits per heavy atom. The van der Waals surface area contributed by atoms with Gasteiger partial charge in [-0.3, -0.25) is 0 Å². The Labute approximate surface area is 181 Å². The van der Waals surface area contributed by atoms with E-state index in [4.69, 9.17) is 4.52 Å². The van der Waals surface area contributed by atoms with Gasteiger partial charge in [0.25, 0.3) is 0 Å². The van der Waals surface area contributed by atoms with E-state index in [0.717, 1.165) is 22.3 Å². The molecule has 0 saturated heterocycles. The molecule has 3 nitrogen and oxygen atoms in total. The van der Waals surface area contributed by atoms with Gasteiger partial charge in [-0.25, -0.2) is 0 Å². The quantitative estimate of drug-likeness (QED) is 0.437. The maximum absolute atomic E-state index is 9.65. The fourth-order valence-corrected chi connectivity index (χ4v) is 4.25. The van der Waals surface area contributed by atoms with E-state index < -0.39 is 8.60 Å². The second kappa shape index (κ2) is 8.51. The molecule has 158 valence electrons. The number of benzene rings is 3. The number of hydrogen-bond donors (Lipinski definition) is 2. The molecule has 0 saturated carbocycles. The standard InChI is InChI=1S/C26H31O3P/c1-25(2,3)21-15-9-7-12-18(21)19-14-11-17-23(29-30(27)28)24(19)20-13-8-10-16-22(20)26(4,5)6/h7-17,27-28H,1-6H3. The van der Waals surface area contributed by atoms with Gasteiger partial charge in [0.2, 0.25) is 0 Å². The molecule has 0 unspecified atom stereocenters. The third kappa shape index (κ3) is 4.75. The van der Waals surface area contributed by atoms with E-state index in [1.165, 1.54) is 11.1 Å². The van der Waals surface area contributed by atoms with Crippen molar-refractivity contribution in [1.82, 2.24) is 0 Å². The van der Waals surface area contributed by atoms with Gasteiger partial charge in [-0.1, -0.05) is 102 Å². The summed E-state index contributed by atoms with van der Waals surface area (Å²) in [5.41, 5.74) is 6.33. The van der Waals surface area contributed by atoms with Crippen LogP contribution in [0.5, 0.6) is 5.75 Å². The van der Waals surface area contributed by atoms with Crippen LogP contribution in [0, 0.1) is 0 Å². The highest BCUT2D eigenvalue weighted by molar-refractivity contribution is 7.39. The van der Waals surface area contributed by atoms with Crippen molar-refractivity contribution >= 4 is 8.60 Å². The second-order valence-electron chi connectivity index (χ2n) is 9.61. The molecular formula is C26H31O3P. The van der Waals surface area contributed by atoms with E-state index in [2.05, 4.69) is 77.9 Å². The third-order valence-electron chi connectivity index (χ3n) is 5.24. The minimum Gasteiger partial charge on any atom is -0.426 e. The lowest BCUT2D eigenvalue weighted by Gasteiger charge is -2.27. The molecule has 4 heteroatoms. The first-order chi connectivity index (χ1) is 14.0. The van der Waals surface area contributed by atoms with Gasteiger partial charge < -0.3 is 14.3 Å². The van der Waals surface area contributed by atoms with Crippen LogP contribution in [0.1, 0.15) is 52.7 Å². The molecule has 0 aliphatic rings. The zero-order valence-corrected chi connectivity index (χ0v) is 19.5. The first-order valence-corrected chi connectivity index (χ1v) is 11.4. The van der Waals surface area contributed by atoms with Crippen LogP contribution >= 0.6 is 8.60 Å². The molecule has 0 fully saturated rings. The zero-order valence-electron chi connectivity index (χ0n) is 18.6. The minimum absolute atomic E-state index is 0.0468. The Balaban J connectivity index is 2.40. The molecule has 0 aliphatic heterocycles. The smallest absolute Gasteiger partial charge is 0.391 e. The lowest BCUT2D eigenvalue weighted by atomic mass is 9.77. The Bertz CT molecular complexity index is 1030. The molecule has 0 bridgehead atoms. The molecule has 0 aliphatic carbocycles. The van der Waals surface area contributed by atoms with Crippen molar-refractivity contribution in [3.8, 4) is 28.0 Å². The molecule has 0 aromatic heterocycles. The van der Waals surface area contributed by atoms with Gasteiger partial charge in [0.05, 0.1) is 0 Å².